The molecule has 2 aromatic carbocycles. The van der Waals surface area contributed by atoms with Gasteiger partial charge in [-0.2, -0.15) is 5.26 Å². The van der Waals surface area contributed by atoms with Crippen LogP contribution in [0.4, 0.5) is 0 Å². The Morgan fingerprint density at radius 2 is 1.85 bits per heavy atom. The lowest BCUT2D eigenvalue weighted by molar-refractivity contribution is 0.104. The maximum atomic E-state index is 12.3. The van der Waals surface area contributed by atoms with Crippen LogP contribution in [0.25, 0.3) is 6.08 Å². The predicted octanol–water partition coefficient (Wildman–Crippen LogP) is 4.53. The van der Waals surface area contributed by atoms with Crippen molar-refractivity contribution >= 4 is 11.9 Å². The summed E-state index contributed by atoms with van der Waals surface area (Å²) in [4.78, 5) is 12.3. The summed E-state index contributed by atoms with van der Waals surface area (Å²) in [5, 5.41) is 8.50. The molecule has 0 bridgehead atoms. The van der Waals surface area contributed by atoms with E-state index in [1.54, 1.807) is 37.5 Å². The number of carbonyl (C=O) groups excluding carboxylic acids is 1. The van der Waals surface area contributed by atoms with Gasteiger partial charge in [-0.25, -0.2) is 0 Å². The summed E-state index contributed by atoms with van der Waals surface area (Å²) in [7, 11) is 1.59. The maximum absolute atomic E-state index is 12.3. The van der Waals surface area contributed by atoms with Gasteiger partial charge in [-0.1, -0.05) is 26.0 Å². The molecule has 0 fully saturated rings. The lowest BCUT2D eigenvalue weighted by Gasteiger charge is -2.12. The maximum Gasteiger partial charge on any atom is 0.185 e. The van der Waals surface area contributed by atoms with Gasteiger partial charge < -0.3 is 14.2 Å². The van der Waals surface area contributed by atoms with Crippen molar-refractivity contribution in [1.29, 1.82) is 5.26 Å². The van der Waals surface area contributed by atoms with Gasteiger partial charge in [-0.3, -0.25) is 4.79 Å². The molecular weight excluding hydrogens is 342 g/mol. The second kappa shape index (κ2) is 10.0. The van der Waals surface area contributed by atoms with Crippen molar-refractivity contribution in [3.63, 3.8) is 0 Å². The van der Waals surface area contributed by atoms with E-state index in [0.717, 1.165) is 5.56 Å². The number of hydrogen-bond acceptors (Lipinski definition) is 5. The zero-order chi connectivity index (χ0) is 19.6. The fourth-order valence-corrected chi connectivity index (χ4v) is 2.26. The zero-order valence-corrected chi connectivity index (χ0v) is 15.8. The zero-order valence-electron chi connectivity index (χ0n) is 15.8. The van der Waals surface area contributed by atoms with Crippen LogP contribution in [-0.4, -0.2) is 26.1 Å². The quantitative estimate of drug-likeness (QED) is 0.482. The fraction of sp³-hybridized carbons (Fsp3) is 0.273. The Morgan fingerprint density at radius 3 is 2.48 bits per heavy atom. The molecule has 0 heterocycles. The van der Waals surface area contributed by atoms with E-state index in [1.165, 1.54) is 6.08 Å². The molecule has 0 saturated carbocycles. The predicted molar refractivity (Wildman–Crippen MR) is 104 cm³/mol. The number of allylic oxidation sites excluding steroid dienone is 1. The summed E-state index contributed by atoms with van der Waals surface area (Å²) in [5.41, 5.74) is 1.38. The van der Waals surface area contributed by atoms with Crippen molar-refractivity contribution < 1.29 is 19.0 Å². The first-order chi connectivity index (χ1) is 13.0. The molecule has 0 aliphatic heterocycles. The Hall–Kier alpha value is -3.26. The molecule has 5 heteroatoms. The molecule has 0 spiro atoms. The number of hydrogen-bond donors (Lipinski definition) is 0. The average molecular weight is 365 g/mol. The summed E-state index contributed by atoms with van der Waals surface area (Å²) in [5.74, 6) is 2.16. The van der Waals surface area contributed by atoms with E-state index in [1.807, 2.05) is 24.3 Å². The monoisotopic (exact) mass is 365 g/mol. The molecule has 0 aliphatic carbocycles. The second-order valence-corrected chi connectivity index (χ2v) is 6.28. The smallest absolute Gasteiger partial charge is 0.185 e. The molecule has 2 aromatic rings. The van der Waals surface area contributed by atoms with Gasteiger partial charge >= 0.3 is 0 Å². The summed E-state index contributed by atoms with van der Waals surface area (Å²) in [6.07, 6.45) is 3.24. The van der Waals surface area contributed by atoms with E-state index >= 15 is 0 Å². The van der Waals surface area contributed by atoms with E-state index in [4.69, 9.17) is 19.5 Å². The topological polar surface area (TPSA) is 68.5 Å². The van der Waals surface area contributed by atoms with Gasteiger partial charge in [-0.05, 0) is 54.0 Å². The van der Waals surface area contributed by atoms with Crippen LogP contribution in [0.3, 0.4) is 0 Å². The third kappa shape index (κ3) is 6.19. The molecular formula is C22H23NO4. The molecule has 0 radical (unpaired) electrons. The van der Waals surface area contributed by atoms with Gasteiger partial charge in [0.1, 0.15) is 11.8 Å². The minimum atomic E-state index is -0.124. The Kier molecular flexibility index (Phi) is 7.45. The van der Waals surface area contributed by atoms with E-state index in [-0.39, 0.29) is 12.4 Å². The summed E-state index contributed by atoms with van der Waals surface area (Å²) in [6, 6.07) is 14.1. The fourth-order valence-electron chi connectivity index (χ4n) is 2.26. The highest BCUT2D eigenvalue weighted by molar-refractivity contribution is 6.06. The number of ether oxygens (including phenoxy) is 3. The Balaban J connectivity index is 2.05. The molecule has 0 amide bonds. The van der Waals surface area contributed by atoms with Gasteiger partial charge in [0, 0.05) is 5.56 Å². The summed E-state index contributed by atoms with van der Waals surface area (Å²) >= 11 is 0. The van der Waals surface area contributed by atoms with Crippen LogP contribution in [0.2, 0.25) is 0 Å². The summed E-state index contributed by atoms with van der Waals surface area (Å²) < 4.78 is 16.3. The average Bonchev–Trinajstić information content (AvgIpc) is 2.69. The van der Waals surface area contributed by atoms with E-state index in [9.17, 15) is 4.79 Å². The normalized spacial score (nSPS) is 10.6. The van der Waals surface area contributed by atoms with Crippen LogP contribution in [0.15, 0.2) is 48.5 Å². The standard InChI is InChI=1S/C22H23NO4/c1-16(2)15-27-21-11-5-17(14-22(21)25-3)4-10-20(24)18-6-8-19(9-7-18)26-13-12-23/h4-11,14,16H,13,15H2,1-3H3/b10-4+. The van der Waals surface area contributed by atoms with Crippen molar-refractivity contribution in [2.45, 2.75) is 13.8 Å². The van der Waals surface area contributed by atoms with Crippen LogP contribution < -0.4 is 14.2 Å². The van der Waals surface area contributed by atoms with Gasteiger partial charge in [-0.15, -0.1) is 0 Å². The third-order valence-electron chi connectivity index (χ3n) is 3.63. The van der Waals surface area contributed by atoms with Gasteiger partial charge in [0.05, 0.1) is 13.7 Å². The van der Waals surface area contributed by atoms with Crippen molar-refractivity contribution in [2.75, 3.05) is 20.3 Å². The third-order valence-corrected chi connectivity index (χ3v) is 3.63. The van der Waals surface area contributed by atoms with Crippen LogP contribution >= 0.6 is 0 Å². The molecule has 0 unspecified atom stereocenters. The SMILES string of the molecule is COc1cc(/C=C/C(=O)c2ccc(OCC#N)cc2)ccc1OCC(C)C. The number of nitriles is 1. The first-order valence-corrected chi connectivity index (χ1v) is 8.66. The van der Waals surface area contributed by atoms with Gasteiger partial charge in [0.2, 0.25) is 0 Å². The van der Waals surface area contributed by atoms with Crippen LogP contribution in [0.1, 0.15) is 29.8 Å². The molecule has 0 N–H and O–H groups in total. The molecule has 0 saturated heterocycles. The van der Waals surface area contributed by atoms with E-state index < -0.39 is 0 Å². The second-order valence-electron chi connectivity index (χ2n) is 6.28. The number of methoxy groups -OCH3 is 1. The first kappa shape index (κ1) is 20.1. The minimum Gasteiger partial charge on any atom is -0.493 e. The van der Waals surface area contributed by atoms with Crippen LogP contribution in [-0.2, 0) is 0 Å². The highest BCUT2D eigenvalue weighted by Gasteiger charge is 2.07. The highest BCUT2D eigenvalue weighted by atomic mass is 16.5. The van der Waals surface area contributed by atoms with Crippen molar-refractivity contribution in [3.05, 3.63) is 59.7 Å². The Morgan fingerprint density at radius 1 is 1.11 bits per heavy atom. The number of ketones is 1. The van der Waals surface area contributed by atoms with E-state index in [0.29, 0.717) is 35.3 Å². The number of benzene rings is 2. The highest BCUT2D eigenvalue weighted by Crippen LogP contribution is 2.29. The molecule has 0 aromatic heterocycles. The Bertz CT molecular complexity index is 832. The van der Waals surface area contributed by atoms with Crippen molar-refractivity contribution in [3.8, 4) is 23.3 Å². The van der Waals surface area contributed by atoms with Crippen molar-refractivity contribution in [2.24, 2.45) is 5.92 Å². The van der Waals surface area contributed by atoms with Gasteiger partial charge in [0.15, 0.2) is 23.9 Å². The lowest BCUT2D eigenvalue weighted by atomic mass is 10.1. The van der Waals surface area contributed by atoms with Gasteiger partial charge in [0.25, 0.3) is 0 Å². The Labute approximate surface area is 159 Å². The molecule has 140 valence electrons. The van der Waals surface area contributed by atoms with Crippen LogP contribution in [0.5, 0.6) is 17.2 Å². The van der Waals surface area contributed by atoms with Crippen LogP contribution in [0, 0.1) is 17.2 Å². The first-order valence-electron chi connectivity index (χ1n) is 8.66. The summed E-state index contributed by atoms with van der Waals surface area (Å²) in [6.45, 7) is 4.75. The van der Waals surface area contributed by atoms with E-state index in [2.05, 4.69) is 13.8 Å². The lowest BCUT2D eigenvalue weighted by Crippen LogP contribution is -2.05. The number of carbonyl (C=O) groups is 1. The number of rotatable bonds is 9. The minimum absolute atomic E-state index is 0.0219. The molecule has 27 heavy (non-hydrogen) atoms. The molecule has 2 rings (SSSR count). The largest absolute Gasteiger partial charge is 0.493 e. The van der Waals surface area contributed by atoms with Crippen molar-refractivity contribution in [1.82, 2.24) is 0 Å². The molecule has 0 aliphatic rings. The molecule has 5 nitrogen and oxygen atoms in total. The number of nitrogens with zero attached hydrogens (tertiary/aromatic N) is 1. The molecule has 0 atom stereocenters.